The summed E-state index contributed by atoms with van der Waals surface area (Å²) in [7, 11) is 0. The van der Waals surface area contributed by atoms with Gasteiger partial charge in [-0.25, -0.2) is 0 Å². The maximum absolute atomic E-state index is 11.8. The molecule has 0 saturated carbocycles. The van der Waals surface area contributed by atoms with E-state index < -0.39 is 4.92 Å². The summed E-state index contributed by atoms with van der Waals surface area (Å²) in [6, 6.07) is 10.3. The first kappa shape index (κ1) is 21.3. The Hall–Kier alpha value is -2.98. The van der Waals surface area contributed by atoms with E-state index in [2.05, 4.69) is 27.0 Å². The number of nitrogen functional groups attached to an aromatic ring is 1. The molecule has 2 aromatic rings. The van der Waals surface area contributed by atoms with Crippen LogP contribution in [0.4, 0.5) is 23.3 Å². The number of morpholine rings is 1. The molecule has 2 N–H and O–H groups in total. The van der Waals surface area contributed by atoms with Crippen LogP contribution in [-0.2, 0) is 11.3 Å². The SMILES string of the molecule is CC1CN(c2nc(N)c([N+](=O)[O-])c(N3CCN(Cc4ccccc4)CC3)n2)CC(C)O1. The highest BCUT2D eigenvalue weighted by Gasteiger charge is 2.32. The summed E-state index contributed by atoms with van der Waals surface area (Å²) in [5.41, 5.74) is 7.09. The van der Waals surface area contributed by atoms with Crippen molar-refractivity contribution in [3.05, 3.63) is 46.0 Å². The lowest BCUT2D eigenvalue weighted by Gasteiger charge is -2.37. The lowest BCUT2D eigenvalue weighted by molar-refractivity contribution is -0.383. The van der Waals surface area contributed by atoms with Gasteiger partial charge in [-0.1, -0.05) is 30.3 Å². The lowest BCUT2D eigenvalue weighted by Crippen LogP contribution is -2.48. The molecule has 1 aromatic carbocycles. The Morgan fingerprint density at radius 1 is 1.06 bits per heavy atom. The summed E-state index contributed by atoms with van der Waals surface area (Å²) < 4.78 is 5.78. The topological polar surface area (TPSA) is 114 Å². The molecule has 31 heavy (non-hydrogen) atoms. The van der Waals surface area contributed by atoms with Crippen LogP contribution < -0.4 is 15.5 Å². The van der Waals surface area contributed by atoms with E-state index in [0.717, 1.165) is 19.6 Å². The lowest BCUT2D eigenvalue weighted by atomic mass is 10.2. The zero-order valence-corrected chi connectivity index (χ0v) is 18.0. The highest BCUT2D eigenvalue weighted by molar-refractivity contribution is 5.71. The van der Waals surface area contributed by atoms with Crippen LogP contribution in [0.25, 0.3) is 0 Å². The number of nitro groups is 1. The van der Waals surface area contributed by atoms with Crippen molar-refractivity contribution < 1.29 is 9.66 Å². The predicted molar refractivity (Wildman–Crippen MR) is 119 cm³/mol. The molecule has 4 rings (SSSR count). The first-order valence-electron chi connectivity index (χ1n) is 10.6. The molecular formula is C21H29N7O3. The fraction of sp³-hybridized carbons (Fsp3) is 0.524. The number of anilines is 3. The van der Waals surface area contributed by atoms with Gasteiger partial charge in [-0.2, -0.15) is 9.97 Å². The average Bonchev–Trinajstić information content (AvgIpc) is 2.73. The minimum atomic E-state index is -0.477. The molecule has 2 unspecified atom stereocenters. The number of hydrogen-bond acceptors (Lipinski definition) is 9. The van der Waals surface area contributed by atoms with E-state index in [1.165, 1.54) is 5.56 Å². The van der Waals surface area contributed by atoms with Gasteiger partial charge in [-0.15, -0.1) is 0 Å². The number of hydrogen-bond donors (Lipinski definition) is 1. The summed E-state index contributed by atoms with van der Waals surface area (Å²) in [5, 5.41) is 11.8. The molecule has 3 heterocycles. The molecule has 2 saturated heterocycles. The van der Waals surface area contributed by atoms with Gasteiger partial charge in [0.1, 0.15) is 0 Å². The van der Waals surface area contributed by atoms with Gasteiger partial charge >= 0.3 is 5.69 Å². The summed E-state index contributed by atoms with van der Waals surface area (Å²) in [6.07, 6.45) is 0.0440. The predicted octanol–water partition coefficient (Wildman–Crippen LogP) is 1.90. The van der Waals surface area contributed by atoms with Crippen molar-refractivity contribution in [2.24, 2.45) is 0 Å². The molecule has 0 radical (unpaired) electrons. The maximum atomic E-state index is 11.8. The number of ether oxygens (including phenoxy) is 1. The van der Waals surface area contributed by atoms with Gasteiger partial charge in [0.2, 0.25) is 17.6 Å². The third kappa shape index (κ3) is 4.86. The van der Waals surface area contributed by atoms with Gasteiger partial charge in [0.15, 0.2) is 0 Å². The van der Waals surface area contributed by atoms with Gasteiger partial charge in [0.25, 0.3) is 0 Å². The molecule has 10 heteroatoms. The molecule has 10 nitrogen and oxygen atoms in total. The largest absolute Gasteiger partial charge is 0.378 e. The number of rotatable bonds is 5. The van der Waals surface area contributed by atoms with E-state index in [0.29, 0.717) is 37.9 Å². The summed E-state index contributed by atoms with van der Waals surface area (Å²) >= 11 is 0. The fourth-order valence-electron chi connectivity index (χ4n) is 4.29. The number of benzene rings is 1. The van der Waals surface area contributed by atoms with Crippen LogP contribution in [0, 0.1) is 10.1 Å². The van der Waals surface area contributed by atoms with E-state index in [4.69, 9.17) is 10.5 Å². The van der Waals surface area contributed by atoms with Crippen LogP contribution in [0.1, 0.15) is 19.4 Å². The zero-order chi connectivity index (χ0) is 22.0. The quantitative estimate of drug-likeness (QED) is 0.564. The minimum absolute atomic E-state index is 0.0220. The second kappa shape index (κ2) is 9.03. The Kier molecular flexibility index (Phi) is 6.19. The highest BCUT2D eigenvalue weighted by atomic mass is 16.6. The molecule has 2 aliphatic heterocycles. The number of aromatic nitrogens is 2. The Morgan fingerprint density at radius 2 is 1.71 bits per heavy atom. The number of piperazine rings is 1. The highest BCUT2D eigenvalue weighted by Crippen LogP contribution is 2.34. The van der Waals surface area contributed by atoms with Crippen LogP contribution in [0.3, 0.4) is 0 Å². The standard InChI is InChI=1S/C21H29N7O3/c1-15-12-27(13-16(2)31-15)21-23-19(22)18(28(29)30)20(24-21)26-10-8-25(9-11-26)14-17-6-4-3-5-7-17/h3-7,15-16H,8-14H2,1-2H3,(H2,22,23,24). The molecule has 0 aliphatic carbocycles. The van der Waals surface area contributed by atoms with E-state index in [9.17, 15) is 10.1 Å². The zero-order valence-electron chi connectivity index (χ0n) is 18.0. The van der Waals surface area contributed by atoms with Gasteiger partial charge < -0.3 is 20.3 Å². The van der Waals surface area contributed by atoms with Crippen LogP contribution in [-0.4, -0.2) is 71.3 Å². The molecule has 2 aliphatic rings. The van der Waals surface area contributed by atoms with Crippen LogP contribution in [0.5, 0.6) is 0 Å². The van der Waals surface area contributed by atoms with Crippen molar-refractivity contribution in [2.75, 3.05) is 54.8 Å². The van der Waals surface area contributed by atoms with Gasteiger partial charge in [-0.05, 0) is 19.4 Å². The normalized spacial score (nSPS) is 22.5. The van der Waals surface area contributed by atoms with E-state index in [1.54, 1.807) is 0 Å². The first-order chi connectivity index (χ1) is 14.9. The molecule has 0 amide bonds. The average molecular weight is 428 g/mol. The fourth-order valence-corrected chi connectivity index (χ4v) is 4.29. The van der Waals surface area contributed by atoms with Gasteiger partial charge in [-0.3, -0.25) is 15.0 Å². The van der Waals surface area contributed by atoms with Crippen LogP contribution >= 0.6 is 0 Å². The third-order valence-electron chi connectivity index (χ3n) is 5.69. The van der Waals surface area contributed by atoms with Crippen LogP contribution in [0.15, 0.2) is 30.3 Å². The maximum Gasteiger partial charge on any atom is 0.353 e. The second-order valence-corrected chi connectivity index (χ2v) is 8.25. The van der Waals surface area contributed by atoms with Gasteiger partial charge in [0.05, 0.1) is 17.1 Å². The summed E-state index contributed by atoms with van der Waals surface area (Å²) in [5.74, 6) is 0.633. The summed E-state index contributed by atoms with van der Waals surface area (Å²) in [6.45, 7) is 8.93. The van der Waals surface area contributed by atoms with Crippen molar-refractivity contribution in [2.45, 2.75) is 32.6 Å². The monoisotopic (exact) mass is 427 g/mol. The van der Waals surface area contributed by atoms with Crippen molar-refractivity contribution in [3.63, 3.8) is 0 Å². The first-order valence-corrected chi connectivity index (χ1v) is 10.6. The van der Waals surface area contributed by atoms with Crippen molar-refractivity contribution in [1.82, 2.24) is 14.9 Å². The van der Waals surface area contributed by atoms with E-state index >= 15 is 0 Å². The summed E-state index contributed by atoms with van der Waals surface area (Å²) in [4.78, 5) is 26.5. The Morgan fingerprint density at radius 3 is 2.32 bits per heavy atom. The second-order valence-electron chi connectivity index (χ2n) is 8.25. The molecule has 2 atom stereocenters. The Balaban J connectivity index is 1.54. The van der Waals surface area contributed by atoms with E-state index in [1.807, 2.05) is 41.8 Å². The van der Waals surface area contributed by atoms with Crippen molar-refractivity contribution >= 4 is 23.3 Å². The Bertz CT molecular complexity index is 909. The number of nitrogens with zero attached hydrogens (tertiary/aromatic N) is 6. The van der Waals surface area contributed by atoms with Crippen molar-refractivity contribution in [1.29, 1.82) is 0 Å². The van der Waals surface area contributed by atoms with Gasteiger partial charge in [0, 0.05) is 45.8 Å². The third-order valence-corrected chi connectivity index (χ3v) is 5.69. The molecule has 2 fully saturated rings. The molecule has 0 bridgehead atoms. The minimum Gasteiger partial charge on any atom is -0.378 e. The Labute approximate surface area is 181 Å². The molecule has 166 valence electrons. The van der Waals surface area contributed by atoms with E-state index in [-0.39, 0.29) is 23.7 Å². The smallest absolute Gasteiger partial charge is 0.353 e. The number of nitrogens with two attached hydrogens (primary N) is 1. The molecular weight excluding hydrogens is 398 g/mol. The molecule has 1 aromatic heterocycles. The van der Waals surface area contributed by atoms with Crippen molar-refractivity contribution in [3.8, 4) is 0 Å². The molecule has 0 spiro atoms. The van der Waals surface area contributed by atoms with Crippen LogP contribution in [0.2, 0.25) is 0 Å².